The van der Waals surface area contributed by atoms with Crippen molar-refractivity contribution in [3.05, 3.63) is 76.4 Å². The van der Waals surface area contributed by atoms with E-state index in [9.17, 15) is 23.4 Å². The fourth-order valence-corrected chi connectivity index (χ4v) is 5.68. The van der Waals surface area contributed by atoms with Crippen molar-refractivity contribution in [2.45, 2.75) is 89.6 Å². The molecule has 0 spiro atoms. The number of hydrogen-bond acceptors (Lipinski definition) is 8. The van der Waals surface area contributed by atoms with E-state index in [1.807, 2.05) is 6.07 Å². The number of aromatic amines is 1. The van der Waals surface area contributed by atoms with Gasteiger partial charge in [0, 0.05) is 41.4 Å². The van der Waals surface area contributed by atoms with Gasteiger partial charge in [0.25, 0.3) is 5.56 Å². The molecule has 0 radical (unpaired) electrons. The van der Waals surface area contributed by atoms with Crippen LogP contribution < -0.4 is 25.7 Å². The van der Waals surface area contributed by atoms with Crippen molar-refractivity contribution in [2.75, 3.05) is 19.0 Å². The average molecular weight is 844 g/mol. The normalized spacial score (nSPS) is 15.5. The molecule has 1 saturated heterocycles. The molecule has 3 fully saturated rings. The summed E-state index contributed by atoms with van der Waals surface area (Å²) in [5, 5.41) is 9.05. The molecule has 12 nitrogen and oxygen atoms in total. The van der Waals surface area contributed by atoms with Crippen LogP contribution in [0, 0.1) is 44.0 Å². The zero-order valence-corrected chi connectivity index (χ0v) is 35.7. The highest BCUT2D eigenvalue weighted by Crippen LogP contribution is 2.26. The molecule has 15 heteroatoms. The minimum absolute atomic E-state index is 0.0344. The number of carbonyl (C=O) groups is 3. The molecule has 3 aromatic rings. The molecule has 6 rings (SSSR count). The minimum atomic E-state index is -1.08. The van der Waals surface area contributed by atoms with Gasteiger partial charge in [-0.05, 0) is 75.1 Å². The van der Waals surface area contributed by atoms with E-state index in [1.54, 1.807) is 48.8 Å². The van der Waals surface area contributed by atoms with E-state index >= 15 is 0 Å². The van der Waals surface area contributed by atoms with Crippen LogP contribution in [0.1, 0.15) is 66.2 Å². The van der Waals surface area contributed by atoms with Crippen molar-refractivity contribution in [2.24, 2.45) is 5.41 Å². The van der Waals surface area contributed by atoms with Crippen molar-refractivity contribution in [3.63, 3.8) is 0 Å². The first-order chi connectivity index (χ1) is 27.3. The highest BCUT2D eigenvalue weighted by Gasteiger charge is 2.33. The van der Waals surface area contributed by atoms with E-state index in [1.165, 1.54) is 0 Å². The lowest BCUT2D eigenvalue weighted by atomic mass is 9.88. The molecule has 3 atom stereocenters. The van der Waals surface area contributed by atoms with Gasteiger partial charge < -0.3 is 25.3 Å². The van der Waals surface area contributed by atoms with E-state index < -0.39 is 11.0 Å². The Labute approximate surface area is 350 Å². The number of anilines is 1. The number of nitrogens with zero attached hydrogens (tertiary/aromatic N) is 2. The molecule has 1 aromatic carbocycles. The lowest BCUT2D eigenvalue weighted by Crippen LogP contribution is -2.43. The number of nitrogens with one attached hydrogen (secondary N) is 4. The Morgan fingerprint density at radius 3 is 2.11 bits per heavy atom. The van der Waals surface area contributed by atoms with E-state index in [0.29, 0.717) is 39.7 Å². The van der Waals surface area contributed by atoms with Gasteiger partial charge in [0.1, 0.15) is 22.8 Å². The summed E-state index contributed by atoms with van der Waals surface area (Å²) in [5.41, 5.74) is 1.03. The smallest absolute Gasteiger partial charge is 0.256 e. The third kappa shape index (κ3) is 21.0. The van der Waals surface area contributed by atoms with Crippen LogP contribution >= 0.6 is 23.2 Å². The highest BCUT2D eigenvalue weighted by atomic mass is 35.5. The second-order valence-electron chi connectivity index (χ2n) is 13.0. The Bertz CT molecular complexity index is 1790. The molecule has 2 aliphatic carbocycles. The van der Waals surface area contributed by atoms with Crippen LogP contribution in [-0.2, 0) is 25.4 Å². The molecular formula is C42H56Cl2N6O6S. The van der Waals surface area contributed by atoms with Gasteiger partial charge in [-0.2, -0.15) is 0 Å². The average Bonchev–Trinajstić information content (AvgIpc) is 4.17. The van der Waals surface area contributed by atoms with E-state index in [0.717, 1.165) is 62.6 Å². The minimum Gasteiger partial charge on any atom is -0.495 e. The number of pyridine rings is 2. The van der Waals surface area contributed by atoms with Crippen LogP contribution in [-0.4, -0.2) is 74.8 Å². The predicted octanol–water partition coefficient (Wildman–Crippen LogP) is 6.77. The molecule has 310 valence electrons. The number of terminal acetylenes is 3. The molecule has 1 aliphatic heterocycles. The number of hydrogen-bond donors (Lipinski definition) is 4. The van der Waals surface area contributed by atoms with Crippen molar-refractivity contribution < 1.29 is 23.3 Å². The summed E-state index contributed by atoms with van der Waals surface area (Å²) in [7, 11) is 0.479. The largest absolute Gasteiger partial charge is 0.495 e. The van der Waals surface area contributed by atoms with E-state index in [2.05, 4.69) is 105 Å². The van der Waals surface area contributed by atoms with Gasteiger partial charge >= 0.3 is 0 Å². The Morgan fingerprint density at radius 2 is 1.61 bits per heavy atom. The number of ether oxygens (including phenoxy) is 1. The first-order valence-corrected chi connectivity index (χ1v) is 19.6. The molecule has 0 bridgehead atoms. The molecule has 3 amide bonds. The zero-order chi connectivity index (χ0) is 44.1. The molecule has 2 aromatic heterocycles. The Kier molecular flexibility index (Phi) is 28.3. The van der Waals surface area contributed by atoms with Gasteiger partial charge in [-0.15, -0.1) is 51.7 Å². The summed E-state index contributed by atoms with van der Waals surface area (Å²) < 4.78 is 17.9. The Balaban J connectivity index is 0. The number of rotatable bonds is 9. The van der Waals surface area contributed by atoms with Crippen LogP contribution in [0.5, 0.6) is 5.75 Å². The lowest BCUT2D eigenvalue weighted by molar-refractivity contribution is -0.131. The zero-order valence-electron chi connectivity index (χ0n) is 33.3. The SMILES string of the molecule is C#C.C#C.C#C.C=C.CC(Nc1cncc(Cl)c1)C(C)(C)C.COc1c[nH]c(=O)c2cc(Cl)ccc12.O=CN1CCC[C@H]1C(=O)NC1CC1.O=CNS(=O)C1CC1. The third-order valence-corrected chi connectivity index (χ3v) is 9.93. The van der Waals surface area contributed by atoms with E-state index in [4.69, 9.17) is 27.9 Å². The topological polar surface area (TPSA) is 163 Å². The maximum atomic E-state index is 11.6. The van der Waals surface area contributed by atoms with Gasteiger partial charge in [-0.25, -0.2) is 4.21 Å². The van der Waals surface area contributed by atoms with Crippen LogP contribution in [0.3, 0.4) is 0 Å². The van der Waals surface area contributed by atoms with Crippen molar-refractivity contribution in [1.29, 1.82) is 0 Å². The summed E-state index contributed by atoms with van der Waals surface area (Å²) in [5.74, 6) is 0.670. The first kappa shape index (κ1) is 53.8. The summed E-state index contributed by atoms with van der Waals surface area (Å²) in [6.45, 7) is 15.5. The maximum Gasteiger partial charge on any atom is 0.256 e. The third-order valence-electron chi connectivity index (χ3n) is 8.08. The number of H-pyrrole nitrogens is 1. The monoisotopic (exact) mass is 842 g/mol. The molecular weight excluding hydrogens is 787 g/mol. The number of halogens is 2. The number of aromatic nitrogens is 2. The second kappa shape index (κ2) is 30.0. The van der Waals surface area contributed by atoms with Gasteiger partial charge in [0.05, 0.1) is 34.7 Å². The molecule has 3 aliphatic rings. The second-order valence-corrected chi connectivity index (χ2v) is 15.4. The van der Waals surface area contributed by atoms with Crippen LogP contribution in [0.25, 0.3) is 10.8 Å². The number of likely N-dealkylation sites (tertiary alicyclic amines) is 1. The fourth-order valence-electron chi connectivity index (χ4n) is 4.48. The van der Waals surface area contributed by atoms with Gasteiger partial charge in [-0.3, -0.25) is 28.9 Å². The summed E-state index contributed by atoms with van der Waals surface area (Å²) in [6, 6.07) is 7.58. The molecule has 2 unspecified atom stereocenters. The van der Waals surface area contributed by atoms with Crippen molar-refractivity contribution in [3.8, 4) is 44.3 Å². The molecule has 57 heavy (non-hydrogen) atoms. The highest BCUT2D eigenvalue weighted by molar-refractivity contribution is 7.84. The predicted molar refractivity (Wildman–Crippen MR) is 236 cm³/mol. The summed E-state index contributed by atoms with van der Waals surface area (Å²) in [4.78, 5) is 51.4. The van der Waals surface area contributed by atoms with E-state index in [-0.39, 0.29) is 28.2 Å². The number of fused-ring (bicyclic) bond motifs is 1. The number of carbonyl (C=O) groups excluding carboxylic acids is 3. The van der Waals surface area contributed by atoms with Gasteiger partial charge in [-0.1, -0.05) is 44.0 Å². The standard InChI is InChI=1S/C11H17ClN2.C10H8ClNO2.C9H14N2O2.C4H7NO2S.C2H4.3C2H2/c1-8(11(2,3)4)14-10-5-9(12)6-13-7-10;1-14-9-5-12-10(13)8-4-6(11)2-3-7(8)9;12-6-11-5-1-2-8(11)9(13)10-7-3-4-7;6-3-5-8(7)4-1-2-4;4*1-2/h5-8,14H,1-4H3;2-5H,1H3,(H,12,13);6-8H,1-5H2,(H,10,13);3-4H,1-2H2,(H,5,6);1-2H2;3*1-2H/t;;8-;;;;;/m..0...../s1. The quantitative estimate of drug-likeness (QED) is 0.104. The Hall–Kier alpha value is -5.26. The Morgan fingerprint density at radius 1 is 1.00 bits per heavy atom. The van der Waals surface area contributed by atoms with Crippen LogP contribution in [0.2, 0.25) is 10.0 Å². The van der Waals surface area contributed by atoms with Crippen molar-refractivity contribution >= 4 is 69.4 Å². The van der Waals surface area contributed by atoms with Gasteiger partial charge in [0.2, 0.25) is 18.7 Å². The number of methoxy groups -OCH3 is 1. The fraction of sp³-hybridized carbons (Fsp3) is 0.405. The molecule has 3 heterocycles. The molecule has 4 N–H and O–H groups in total. The van der Waals surface area contributed by atoms with Crippen molar-refractivity contribution in [1.82, 2.24) is 24.9 Å². The number of benzene rings is 1. The lowest BCUT2D eigenvalue weighted by Gasteiger charge is -2.28. The van der Waals surface area contributed by atoms with Gasteiger partial charge in [0.15, 0.2) is 0 Å². The summed E-state index contributed by atoms with van der Waals surface area (Å²) >= 11 is 11.6. The number of amides is 3. The summed E-state index contributed by atoms with van der Waals surface area (Å²) in [6.07, 6.45) is 36.2. The van der Waals surface area contributed by atoms with Crippen LogP contribution in [0.4, 0.5) is 5.69 Å². The first-order valence-electron chi connectivity index (χ1n) is 17.6. The van der Waals surface area contributed by atoms with Crippen LogP contribution in [0.15, 0.2) is 60.8 Å². The molecule has 2 saturated carbocycles. The maximum absolute atomic E-state index is 11.6.